The molecule has 1 fully saturated rings. The number of esters is 1. The Bertz CT molecular complexity index is 990. The SMILES string of the molecule is O=C(Cc1ccccc1)NCCC(=O)OCC(=O)N1CCN(c2cccc(C(F)(F)F)c2)CC1. The van der Waals surface area contributed by atoms with Crippen molar-refractivity contribution in [2.75, 3.05) is 44.2 Å². The Kier molecular flexibility index (Phi) is 8.50. The van der Waals surface area contributed by atoms with E-state index in [1.807, 2.05) is 30.3 Å². The lowest BCUT2D eigenvalue weighted by Gasteiger charge is -2.36. The summed E-state index contributed by atoms with van der Waals surface area (Å²) in [5.74, 6) is -1.19. The number of anilines is 1. The number of carbonyl (C=O) groups excluding carboxylic acids is 3. The van der Waals surface area contributed by atoms with Gasteiger partial charge in [0.25, 0.3) is 5.91 Å². The first-order chi connectivity index (χ1) is 16.2. The van der Waals surface area contributed by atoms with Crippen molar-refractivity contribution in [3.63, 3.8) is 0 Å². The smallest absolute Gasteiger partial charge is 0.416 e. The lowest BCUT2D eigenvalue weighted by Crippen LogP contribution is -2.50. The highest BCUT2D eigenvalue weighted by Gasteiger charge is 2.31. The summed E-state index contributed by atoms with van der Waals surface area (Å²) in [5, 5.41) is 2.64. The molecule has 34 heavy (non-hydrogen) atoms. The van der Waals surface area contributed by atoms with E-state index in [4.69, 9.17) is 4.74 Å². The Hall–Kier alpha value is -3.56. The van der Waals surface area contributed by atoms with Crippen LogP contribution in [0, 0.1) is 0 Å². The highest BCUT2D eigenvalue weighted by atomic mass is 19.4. The number of piperazine rings is 1. The maximum absolute atomic E-state index is 12.9. The molecule has 0 aromatic heterocycles. The highest BCUT2D eigenvalue weighted by Crippen LogP contribution is 2.31. The van der Waals surface area contributed by atoms with Crippen LogP contribution in [-0.4, -0.2) is 62.0 Å². The zero-order chi connectivity index (χ0) is 24.6. The molecule has 2 amide bonds. The number of halogens is 3. The van der Waals surface area contributed by atoms with E-state index in [0.717, 1.165) is 17.7 Å². The number of alkyl halides is 3. The minimum absolute atomic E-state index is 0.0584. The molecule has 0 bridgehead atoms. The molecule has 1 heterocycles. The average Bonchev–Trinajstić information content (AvgIpc) is 2.83. The standard InChI is InChI=1S/C24H26F3N3O4/c25-24(26,27)19-7-4-8-20(16-19)29-11-13-30(14-12-29)22(32)17-34-23(33)9-10-28-21(31)15-18-5-2-1-3-6-18/h1-8,16H,9-15,17H2,(H,28,31). The van der Waals surface area contributed by atoms with Gasteiger partial charge in [0, 0.05) is 38.4 Å². The van der Waals surface area contributed by atoms with Crippen molar-refractivity contribution in [3.05, 3.63) is 65.7 Å². The van der Waals surface area contributed by atoms with E-state index in [1.165, 1.54) is 11.0 Å². The third-order valence-corrected chi connectivity index (χ3v) is 5.39. The van der Waals surface area contributed by atoms with Crippen LogP contribution in [0.15, 0.2) is 54.6 Å². The molecule has 3 rings (SSSR count). The summed E-state index contributed by atoms with van der Waals surface area (Å²) in [6.45, 7) is 1.04. The quantitative estimate of drug-likeness (QED) is 0.592. The monoisotopic (exact) mass is 477 g/mol. The van der Waals surface area contributed by atoms with E-state index < -0.39 is 24.3 Å². The van der Waals surface area contributed by atoms with Gasteiger partial charge in [-0.25, -0.2) is 0 Å². The largest absolute Gasteiger partial charge is 0.456 e. The number of amides is 2. The summed E-state index contributed by atoms with van der Waals surface area (Å²) in [6, 6.07) is 14.3. The molecule has 7 nitrogen and oxygen atoms in total. The second-order valence-electron chi connectivity index (χ2n) is 7.84. The van der Waals surface area contributed by atoms with E-state index in [9.17, 15) is 27.6 Å². The van der Waals surface area contributed by atoms with Crippen LogP contribution in [0.1, 0.15) is 17.5 Å². The number of hydrogen-bond acceptors (Lipinski definition) is 5. The van der Waals surface area contributed by atoms with Crippen LogP contribution in [0.4, 0.5) is 18.9 Å². The molecule has 2 aromatic carbocycles. The Morgan fingerprint density at radius 1 is 0.941 bits per heavy atom. The first kappa shape index (κ1) is 25.1. The van der Waals surface area contributed by atoms with Gasteiger partial charge < -0.3 is 19.9 Å². The molecule has 0 atom stereocenters. The van der Waals surface area contributed by atoms with E-state index in [0.29, 0.717) is 31.9 Å². The van der Waals surface area contributed by atoms with Gasteiger partial charge in [-0.05, 0) is 23.8 Å². The minimum Gasteiger partial charge on any atom is -0.456 e. The second kappa shape index (κ2) is 11.5. The molecule has 0 aliphatic carbocycles. The van der Waals surface area contributed by atoms with Crippen molar-refractivity contribution >= 4 is 23.5 Å². The zero-order valence-corrected chi connectivity index (χ0v) is 18.5. The number of nitrogens with zero attached hydrogens (tertiary/aromatic N) is 2. The van der Waals surface area contributed by atoms with Crippen molar-refractivity contribution in [3.8, 4) is 0 Å². The fourth-order valence-electron chi connectivity index (χ4n) is 3.55. The van der Waals surface area contributed by atoms with Crippen molar-refractivity contribution in [1.82, 2.24) is 10.2 Å². The zero-order valence-electron chi connectivity index (χ0n) is 18.5. The predicted molar refractivity (Wildman–Crippen MR) is 119 cm³/mol. The van der Waals surface area contributed by atoms with Crippen LogP contribution in [0.5, 0.6) is 0 Å². The van der Waals surface area contributed by atoms with Crippen LogP contribution in [0.3, 0.4) is 0 Å². The van der Waals surface area contributed by atoms with E-state index in [2.05, 4.69) is 5.32 Å². The molecule has 1 saturated heterocycles. The van der Waals surface area contributed by atoms with Crippen molar-refractivity contribution in [1.29, 1.82) is 0 Å². The molecule has 2 aromatic rings. The van der Waals surface area contributed by atoms with Gasteiger partial charge in [-0.2, -0.15) is 13.2 Å². The minimum atomic E-state index is -4.41. The van der Waals surface area contributed by atoms with Gasteiger partial charge in [0.1, 0.15) is 0 Å². The number of benzene rings is 2. The van der Waals surface area contributed by atoms with Crippen LogP contribution >= 0.6 is 0 Å². The van der Waals surface area contributed by atoms with Gasteiger partial charge in [-0.15, -0.1) is 0 Å². The van der Waals surface area contributed by atoms with Gasteiger partial charge in [-0.1, -0.05) is 36.4 Å². The maximum atomic E-state index is 12.9. The maximum Gasteiger partial charge on any atom is 0.416 e. The number of carbonyl (C=O) groups is 3. The molecule has 0 spiro atoms. The van der Waals surface area contributed by atoms with Crippen molar-refractivity contribution in [2.45, 2.75) is 19.0 Å². The third kappa shape index (κ3) is 7.50. The Morgan fingerprint density at radius 3 is 2.32 bits per heavy atom. The fourth-order valence-corrected chi connectivity index (χ4v) is 3.55. The van der Waals surface area contributed by atoms with Gasteiger partial charge in [0.2, 0.25) is 5.91 Å². The van der Waals surface area contributed by atoms with Gasteiger partial charge in [-0.3, -0.25) is 14.4 Å². The summed E-state index contributed by atoms with van der Waals surface area (Å²) in [4.78, 5) is 39.4. The summed E-state index contributed by atoms with van der Waals surface area (Å²) >= 11 is 0. The van der Waals surface area contributed by atoms with Crippen LogP contribution in [0.25, 0.3) is 0 Å². The highest BCUT2D eigenvalue weighted by molar-refractivity contribution is 5.82. The molecule has 0 radical (unpaired) electrons. The fraction of sp³-hybridized carbons (Fsp3) is 0.375. The summed E-state index contributed by atoms with van der Waals surface area (Å²) in [5.41, 5.74) is 0.593. The second-order valence-corrected chi connectivity index (χ2v) is 7.84. The average molecular weight is 477 g/mol. The van der Waals surface area contributed by atoms with Crippen LogP contribution in [0.2, 0.25) is 0 Å². The van der Waals surface area contributed by atoms with E-state index in [-0.39, 0.29) is 31.2 Å². The molecule has 0 unspecified atom stereocenters. The number of ether oxygens (including phenoxy) is 1. The molecule has 0 saturated carbocycles. The molecule has 10 heteroatoms. The lowest BCUT2D eigenvalue weighted by molar-refractivity contribution is -0.152. The van der Waals surface area contributed by atoms with E-state index in [1.54, 1.807) is 11.0 Å². The topological polar surface area (TPSA) is 78.9 Å². The molecule has 182 valence electrons. The third-order valence-electron chi connectivity index (χ3n) is 5.39. The van der Waals surface area contributed by atoms with Crippen molar-refractivity contribution < 1.29 is 32.3 Å². The van der Waals surface area contributed by atoms with Crippen LogP contribution < -0.4 is 10.2 Å². The van der Waals surface area contributed by atoms with Gasteiger partial charge >= 0.3 is 12.1 Å². The molecular formula is C24H26F3N3O4. The number of hydrogen-bond donors (Lipinski definition) is 1. The summed E-state index contributed by atoms with van der Waals surface area (Å²) in [7, 11) is 0. The number of rotatable bonds is 8. The Labute approximate surface area is 195 Å². The first-order valence-corrected chi connectivity index (χ1v) is 10.9. The number of nitrogens with one attached hydrogen (secondary N) is 1. The van der Waals surface area contributed by atoms with Gasteiger partial charge in [0.05, 0.1) is 18.4 Å². The molecule has 1 aliphatic rings. The Morgan fingerprint density at radius 2 is 1.65 bits per heavy atom. The lowest BCUT2D eigenvalue weighted by atomic mass is 10.1. The van der Waals surface area contributed by atoms with E-state index >= 15 is 0 Å². The molecule has 1 N–H and O–H groups in total. The van der Waals surface area contributed by atoms with Crippen LogP contribution in [-0.2, 0) is 31.7 Å². The predicted octanol–water partition coefficient (Wildman–Crippen LogP) is 2.65. The van der Waals surface area contributed by atoms with Crippen molar-refractivity contribution in [2.24, 2.45) is 0 Å². The summed E-state index contributed by atoms with van der Waals surface area (Å²) in [6.07, 6.45) is -4.26. The molecule has 1 aliphatic heterocycles. The van der Waals surface area contributed by atoms with Gasteiger partial charge in [0.15, 0.2) is 6.61 Å². The summed E-state index contributed by atoms with van der Waals surface area (Å²) < 4.78 is 43.8. The Balaban J connectivity index is 1.34. The molecular weight excluding hydrogens is 451 g/mol. The normalized spacial score (nSPS) is 14.0. The first-order valence-electron chi connectivity index (χ1n) is 10.9.